The van der Waals surface area contributed by atoms with Gasteiger partial charge in [0, 0.05) is 12.2 Å². The number of nitrogens with one attached hydrogen (secondary N) is 1. The van der Waals surface area contributed by atoms with E-state index < -0.39 is 0 Å². The first-order valence-corrected chi connectivity index (χ1v) is 11.8. The predicted molar refractivity (Wildman–Crippen MR) is 123 cm³/mol. The van der Waals surface area contributed by atoms with E-state index in [1.54, 1.807) is 11.3 Å². The number of aromatic nitrogens is 3. The van der Waals surface area contributed by atoms with E-state index in [2.05, 4.69) is 59.9 Å². The number of hydrogen-bond donors (Lipinski definition) is 1. The number of thioether (sulfide) groups is 1. The van der Waals surface area contributed by atoms with Crippen LogP contribution in [-0.4, -0.2) is 25.9 Å². The molecule has 0 saturated carbocycles. The Morgan fingerprint density at radius 3 is 2.52 bits per heavy atom. The zero-order valence-corrected chi connectivity index (χ0v) is 19.0. The van der Waals surface area contributed by atoms with Crippen LogP contribution >= 0.6 is 23.1 Å². The van der Waals surface area contributed by atoms with Crippen molar-refractivity contribution in [3.63, 3.8) is 0 Å². The van der Waals surface area contributed by atoms with E-state index in [9.17, 15) is 4.79 Å². The van der Waals surface area contributed by atoms with Crippen LogP contribution in [0.15, 0.2) is 46.9 Å². The van der Waals surface area contributed by atoms with Crippen LogP contribution < -0.4 is 5.32 Å². The number of anilines is 1. The van der Waals surface area contributed by atoms with Gasteiger partial charge >= 0.3 is 0 Å². The highest BCUT2D eigenvalue weighted by molar-refractivity contribution is 8.00. The third-order valence-electron chi connectivity index (χ3n) is 4.71. The van der Waals surface area contributed by atoms with Gasteiger partial charge in [0.05, 0.1) is 10.1 Å². The molecule has 1 amide bonds. The largest absolute Gasteiger partial charge is 0.325 e. The van der Waals surface area contributed by atoms with Crippen molar-refractivity contribution in [2.45, 2.75) is 63.4 Å². The lowest BCUT2D eigenvalue weighted by molar-refractivity contribution is -0.115. The second-order valence-corrected chi connectivity index (χ2v) is 9.31. The Labute approximate surface area is 180 Å². The summed E-state index contributed by atoms with van der Waals surface area (Å²) in [6.07, 6.45) is 1.71. The van der Waals surface area contributed by atoms with Gasteiger partial charge in [-0.2, -0.15) is 0 Å². The van der Waals surface area contributed by atoms with Gasteiger partial charge in [0.2, 0.25) is 5.91 Å². The quantitative estimate of drug-likeness (QED) is 0.422. The lowest BCUT2D eigenvalue weighted by atomic mass is 10.0. The maximum Gasteiger partial charge on any atom is 0.237 e. The second-order valence-electron chi connectivity index (χ2n) is 7.19. The molecule has 0 aliphatic carbocycles. The minimum absolute atomic E-state index is 0.0115. The Bertz CT molecular complexity index is 917. The van der Waals surface area contributed by atoms with Gasteiger partial charge in [0.25, 0.3) is 0 Å². The highest BCUT2D eigenvalue weighted by Gasteiger charge is 2.24. The molecule has 0 bridgehead atoms. The number of benzene rings is 1. The third-order valence-corrected chi connectivity index (χ3v) is 6.82. The summed E-state index contributed by atoms with van der Waals surface area (Å²) >= 11 is 3.15. The summed E-state index contributed by atoms with van der Waals surface area (Å²) in [6.45, 7) is 9.26. The smallest absolute Gasteiger partial charge is 0.237 e. The fourth-order valence-electron chi connectivity index (χ4n) is 3.06. The molecular weight excluding hydrogens is 400 g/mol. The number of amides is 1. The Balaban J connectivity index is 1.75. The van der Waals surface area contributed by atoms with Crippen LogP contribution in [0.4, 0.5) is 5.69 Å². The summed E-state index contributed by atoms with van der Waals surface area (Å²) in [5.41, 5.74) is 2.09. The first kappa shape index (κ1) is 21.6. The van der Waals surface area contributed by atoms with E-state index in [-0.39, 0.29) is 11.2 Å². The minimum Gasteiger partial charge on any atom is -0.325 e. The molecular formula is C22H28N4OS2. The SMILES string of the molecule is CCCC(Sc1nnc(-c2cccs2)n1CC)C(=O)Nc1ccc(C(C)C)cc1. The van der Waals surface area contributed by atoms with Crippen LogP contribution in [-0.2, 0) is 11.3 Å². The van der Waals surface area contributed by atoms with Gasteiger partial charge in [0.15, 0.2) is 11.0 Å². The molecule has 3 rings (SSSR count). The van der Waals surface area contributed by atoms with Crippen molar-refractivity contribution in [3.8, 4) is 10.7 Å². The number of carbonyl (C=O) groups excluding carboxylic acids is 1. The van der Waals surface area contributed by atoms with Crippen LogP contribution in [0.2, 0.25) is 0 Å². The van der Waals surface area contributed by atoms with Crippen molar-refractivity contribution in [1.29, 1.82) is 0 Å². The molecule has 1 N–H and O–H groups in total. The third kappa shape index (κ3) is 5.28. The fourth-order valence-corrected chi connectivity index (χ4v) is 4.98. The minimum atomic E-state index is -0.213. The molecule has 0 spiro atoms. The number of rotatable bonds is 9. The zero-order chi connectivity index (χ0) is 20.8. The first-order valence-electron chi connectivity index (χ1n) is 10.1. The highest BCUT2D eigenvalue weighted by Crippen LogP contribution is 2.31. The molecule has 2 heterocycles. The van der Waals surface area contributed by atoms with Crippen LogP contribution in [0.25, 0.3) is 10.7 Å². The molecule has 29 heavy (non-hydrogen) atoms. The molecule has 3 aromatic rings. The Kier molecular flexibility index (Phi) is 7.50. The Morgan fingerprint density at radius 1 is 1.17 bits per heavy atom. The van der Waals surface area contributed by atoms with Gasteiger partial charge in [-0.3, -0.25) is 4.79 Å². The highest BCUT2D eigenvalue weighted by atomic mass is 32.2. The number of carbonyl (C=O) groups is 1. The summed E-state index contributed by atoms with van der Waals surface area (Å²) in [5, 5.41) is 14.5. The molecule has 1 aromatic carbocycles. The average molecular weight is 429 g/mol. The molecule has 5 nitrogen and oxygen atoms in total. The summed E-state index contributed by atoms with van der Waals surface area (Å²) < 4.78 is 2.09. The van der Waals surface area contributed by atoms with Gasteiger partial charge < -0.3 is 9.88 Å². The van der Waals surface area contributed by atoms with Crippen molar-refractivity contribution < 1.29 is 4.79 Å². The summed E-state index contributed by atoms with van der Waals surface area (Å²) in [6, 6.07) is 12.2. The van der Waals surface area contributed by atoms with Crippen LogP contribution in [0, 0.1) is 0 Å². The molecule has 0 aliphatic heterocycles. The first-order chi connectivity index (χ1) is 14.0. The lowest BCUT2D eigenvalue weighted by Gasteiger charge is -2.16. The maximum atomic E-state index is 13.0. The Hall–Kier alpha value is -2.12. The molecule has 7 heteroatoms. The van der Waals surface area contributed by atoms with Gasteiger partial charge in [-0.25, -0.2) is 0 Å². The molecule has 0 saturated heterocycles. The second kappa shape index (κ2) is 10.1. The maximum absolute atomic E-state index is 13.0. The van der Waals surface area contributed by atoms with Gasteiger partial charge in [-0.15, -0.1) is 21.5 Å². The van der Waals surface area contributed by atoms with Crippen LogP contribution in [0.1, 0.15) is 52.0 Å². The molecule has 0 fully saturated rings. The molecule has 1 unspecified atom stereocenters. The molecule has 0 radical (unpaired) electrons. The van der Waals surface area contributed by atoms with Gasteiger partial charge in [0.1, 0.15) is 0 Å². The van der Waals surface area contributed by atoms with Crippen molar-refractivity contribution in [3.05, 3.63) is 47.3 Å². The van der Waals surface area contributed by atoms with Crippen molar-refractivity contribution in [2.24, 2.45) is 0 Å². The molecule has 0 aliphatic rings. The van der Waals surface area contributed by atoms with E-state index in [1.165, 1.54) is 17.3 Å². The normalized spacial score (nSPS) is 12.3. The van der Waals surface area contributed by atoms with Crippen LogP contribution in [0.5, 0.6) is 0 Å². The average Bonchev–Trinajstić information content (AvgIpc) is 3.37. The van der Waals surface area contributed by atoms with E-state index in [1.807, 2.05) is 29.6 Å². The van der Waals surface area contributed by atoms with E-state index in [0.29, 0.717) is 5.92 Å². The number of thiophene rings is 1. The van der Waals surface area contributed by atoms with Gasteiger partial charge in [-0.05, 0) is 48.4 Å². The number of hydrogen-bond acceptors (Lipinski definition) is 5. The van der Waals surface area contributed by atoms with Crippen molar-refractivity contribution >= 4 is 34.7 Å². The van der Waals surface area contributed by atoms with Crippen molar-refractivity contribution in [2.75, 3.05) is 5.32 Å². The lowest BCUT2D eigenvalue weighted by Crippen LogP contribution is -2.25. The summed E-state index contributed by atoms with van der Waals surface area (Å²) in [4.78, 5) is 14.1. The van der Waals surface area contributed by atoms with E-state index in [0.717, 1.165) is 40.9 Å². The van der Waals surface area contributed by atoms with E-state index >= 15 is 0 Å². The topological polar surface area (TPSA) is 59.8 Å². The molecule has 2 aromatic heterocycles. The zero-order valence-electron chi connectivity index (χ0n) is 17.4. The Morgan fingerprint density at radius 2 is 1.93 bits per heavy atom. The predicted octanol–water partition coefficient (Wildman–Crippen LogP) is 6.05. The van der Waals surface area contributed by atoms with Crippen molar-refractivity contribution in [1.82, 2.24) is 14.8 Å². The van der Waals surface area contributed by atoms with Crippen LogP contribution in [0.3, 0.4) is 0 Å². The summed E-state index contributed by atoms with van der Waals surface area (Å²) in [7, 11) is 0. The summed E-state index contributed by atoms with van der Waals surface area (Å²) in [5.74, 6) is 1.35. The van der Waals surface area contributed by atoms with E-state index in [4.69, 9.17) is 0 Å². The monoisotopic (exact) mass is 428 g/mol. The molecule has 154 valence electrons. The standard InChI is InChI=1S/C22H28N4OS2/c1-5-8-19(21(27)23-17-12-10-16(11-13-17)15(3)4)29-22-25-24-20(26(22)6-2)18-9-7-14-28-18/h7,9-15,19H,5-6,8H2,1-4H3,(H,23,27). The molecule has 1 atom stereocenters. The fraction of sp³-hybridized carbons (Fsp3) is 0.409. The van der Waals surface area contributed by atoms with Gasteiger partial charge in [-0.1, -0.05) is 57.2 Å². The number of nitrogens with zero attached hydrogens (tertiary/aromatic N) is 3.